The number of amides is 2. The molecule has 14 heteroatoms. The Hall–Kier alpha value is -3.95. The van der Waals surface area contributed by atoms with Crippen LogP contribution in [0, 0.1) is 17.8 Å². The van der Waals surface area contributed by atoms with Crippen LogP contribution >= 0.6 is 0 Å². The molecule has 4 rings (SSSR count). The second kappa shape index (κ2) is 22.3. The van der Waals surface area contributed by atoms with Gasteiger partial charge in [-0.15, -0.1) is 13.2 Å². The number of carbonyl (C=O) groups excluding carboxylic acids is 2. The summed E-state index contributed by atoms with van der Waals surface area (Å²) in [6.07, 6.45) is 9.33. The largest absolute Gasteiger partial charge is 0.459 e. The lowest BCUT2D eigenvalue weighted by molar-refractivity contribution is -0.256. The number of nitrogens with one attached hydrogen (secondary N) is 1. The lowest BCUT2D eigenvalue weighted by Crippen LogP contribution is -2.70. The van der Waals surface area contributed by atoms with Crippen LogP contribution < -0.4 is 14.8 Å². The Kier molecular flexibility index (Phi) is 17.9. The van der Waals surface area contributed by atoms with Gasteiger partial charge in [0.2, 0.25) is 5.79 Å². The lowest BCUT2D eigenvalue weighted by Gasteiger charge is -2.59. The van der Waals surface area contributed by atoms with Gasteiger partial charge in [0.05, 0.1) is 44.7 Å². The Labute approximate surface area is 337 Å². The summed E-state index contributed by atoms with van der Waals surface area (Å²) in [7, 11) is 0. The summed E-state index contributed by atoms with van der Waals surface area (Å²) in [6, 6.07) is 4.49. The van der Waals surface area contributed by atoms with E-state index in [1.807, 2.05) is 33.8 Å². The van der Waals surface area contributed by atoms with Crippen LogP contribution in [0.1, 0.15) is 90.5 Å². The summed E-state index contributed by atoms with van der Waals surface area (Å²) in [5.41, 5.74) is 1.68. The minimum atomic E-state index is -1.51. The van der Waals surface area contributed by atoms with Crippen LogP contribution in [0.25, 0.3) is 0 Å². The topological polar surface area (TPSA) is 178 Å². The first-order valence-corrected chi connectivity index (χ1v) is 20.4. The van der Waals surface area contributed by atoms with Crippen molar-refractivity contribution in [3.8, 4) is 11.5 Å². The minimum absolute atomic E-state index is 0.0192. The zero-order valence-corrected chi connectivity index (χ0v) is 34.3. The highest BCUT2D eigenvalue weighted by atomic mass is 16.7. The SMILES string of the molecule is C=CCCOC(=O)N(CCOCCO)[C@H]1CC(=NOC(C)(C)C)C2=C[C@H](CCCCO)[C@@H](CCCCO)[C@@H]3c4cc(OC(=O)NCC)ccc4O[C@@]1(OCC=C)[C@H]23. The molecule has 1 aromatic carbocycles. The molecule has 4 N–H and O–H groups in total. The second-order valence-electron chi connectivity index (χ2n) is 15.6. The Morgan fingerprint density at radius 1 is 1.04 bits per heavy atom. The van der Waals surface area contributed by atoms with Crippen LogP contribution in [0.4, 0.5) is 9.59 Å². The summed E-state index contributed by atoms with van der Waals surface area (Å²) in [5, 5.41) is 36.7. The molecule has 57 heavy (non-hydrogen) atoms. The van der Waals surface area contributed by atoms with Crippen molar-refractivity contribution < 1.29 is 53.4 Å². The fourth-order valence-electron chi connectivity index (χ4n) is 8.21. The van der Waals surface area contributed by atoms with Crippen molar-refractivity contribution in [1.82, 2.24) is 10.2 Å². The highest BCUT2D eigenvalue weighted by Gasteiger charge is 2.65. The van der Waals surface area contributed by atoms with Crippen LogP contribution in [0.2, 0.25) is 0 Å². The van der Waals surface area contributed by atoms with Gasteiger partial charge in [-0.3, -0.25) is 4.90 Å². The number of hydrogen-bond acceptors (Lipinski definition) is 12. The number of hydrogen-bond donors (Lipinski definition) is 4. The number of fused-ring (bicyclic) bond motifs is 2. The van der Waals surface area contributed by atoms with Gasteiger partial charge in [0.25, 0.3) is 0 Å². The molecule has 0 saturated heterocycles. The van der Waals surface area contributed by atoms with E-state index in [2.05, 4.69) is 24.6 Å². The van der Waals surface area contributed by atoms with E-state index in [0.29, 0.717) is 43.0 Å². The molecule has 1 saturated carbocycles. The van der Waals surface area contributed by atoms with E-state index in [0.717, 1.165) is 36.8 Å². The molecule has 14 nitrogen and oxygen atoms in total. The van der Waals surface area contributed by atoms with Crippen molar-refractivity contribution in [2.75, 3.05) is 59.3 Å². The summed E-state index contributed by atoms with van der Waals surface area (Å²) in [5.74, 6) is -1.55. The molecule has 1 aliphatic heterocycles. The first-order valence-electron chi connectivity index (χ1n) is 20.4. The zero-order valence-electron chi connectivity index (χ0n) is 34.3. The van der Waals surface area contributed by atoms with Crippen molar-refractivity contribution in [2.24, 2.45) is 22.9 Å². The molecule has 2 amide bonds. The molecular formula is C43H65N3O11. The molecule has 2 aliphatic carbocycles. The van der Waals surface area contributed by atoms with Crippen LogP contribution in [0.15, 0.2) is 60.3 Å². The number of aliphatic hydroxyl groups is 3. The average molecular weight is 800 g/mol. The summed E-state index contributed by atoms with van der Waals surface area (Å²) < 4.78 is 31.4. The van der Waals surface area contributed by atoms with Gasteiger partial charge >= 0.3 is 12.2 Å². The van der Waals surface area contributed by atoms with Gasteiger partial charge in [0.15, 0.2) is 0 Å². The van der Waals surface area contributed by atoms with E-state index in [9.17, 15) is 24.9 Å². The number of rotatable bonds is 23. The third kappa shape index (κ3) is 11.8. The van der Waals surface area contributed by atoms with E-state index < -0.39 is 35.5 Å². The molecule has 0 unspecified atom stereocenters. The third-order valence-electron chi connectivity index (χ3n) is 10.5. The molecule has 1 heterocycles. The Morgan fingerprint density at radius 2 is 1.79 bits per heavy atom. The van der Waals surface area contributed by atoms with Crippen molar-refractivity contribution in [1.29, 1.82) is 0 Å². The van der Waals surface area contributed by atoms with E-state index in [1.165, 1.54) is 0 Å². The summed E-state index contributed by atoms with van der Waals surface area (Å²) >= 11 is 0. The Morgan fingerprint density at radius 3 is 2.46 bits per heavy atom. The number of aliphatic hydroxyl groups excluding tert-OH is 3. The molecule has 0 spiro atoms. The smallest absolute Gasteiger partial charge is 0.412 e. The Bertz CT molecular complexity index is 1540. The normalized spacial score (nSPS) is 24.3. The standard InChI is InChI=1S/C43H65N3O11/c1-7-10-24-53-41(51)46(19-25-52-26-22-49)37-29-35(45-57-42(4,5)6)33-27-30(15-11-13-20-47)32(16-12-14-21-48)38-34-28-31(55-40(50)44-9-3)17-18-36(34)56-43(37,39(33)38)54-23-8-2/h7-8,17-18,27-28,30,32,37-39,47-49H,1-2,9-16,19-26,29H2,3-6H3,(H,44,50)/t30-,32+,37-,38+,39+,43+/m0/s1. The predicted molar refractivity (Wildman–Crippen MR) is 216 cm³/mol. The lowest BCUT2D eigenvalue weighted by atomic mass is 9.55. The number of unbranched alkanes of at least 4 members (excludes halogenated alkanes) is 2. The number of benzene rings is 1. The fourth-order valence-corrected chi connectivity index (χ4v) is 8.21. The van der Waals surface area contributed by atoms with Gasteiger partial charge in [0, 0.05) is 44.2 Å². The van der Waals surface area contributed by atoms with Gasteiger partial charge in [-0.2, -0.15) is 0 Å². The first-order chi connectivity index (χ1) is 27.5. The van der Waals surface area contributed by atoms with E-state index >= 15 is 0 Å². The van der Waals surface area contributed by atoms with Crippen molar-refractivity contribution in [3.05, 3.63) is 60.7 Å². The molecule has 1 aromatic rings. The monoisotopic (exact) mass is 799 g/mol. The van der Waals surface area contributed by atoms with Crippen LogP contribution in [0.5, 0.6) is 11.5 Å². The molecule has 0 radical (unpaired) electrons. The molecule has 318 valence electrons. The molecule has 3 aliphatic rings. The number of allylic oxidation sites excluding steroid dienone is 1. The van der Waals surface area contributed by atoms with Gasteiger partial charge in [-0.25, -0.2) is 9.59 Å². The van der Waals surface area contributed by atoms with E-state index in [-0.39, 0.29) is 77.0 Å². The molecule has 0 aromatic heterocycles. The molecule has 6 atom stereocenters. The zero-order chi connectivity index (χ0) is 41.4. The maximum absolute atomic E-state index is 14.3. The van der Waals surface area contributed by atoms with Gasteiger partial charge in [0.1, 0.15) is 23.1 Å². The number of oxime groups is 1. The van der Waals surface area contributed by atoms with Crippen molar-refractivity contribution in [2.45, 2.75) is 102 Å². The third-order valence-corrected chi connectivity index (χ3v) is 10.5. The van der Waals surface area contributed by atoms with Crippen LogP contribution in [0.3, 0.4) is 0 Å². The number of ether oxygens (including phenoxy) is 5. The van der Waals surface area contributed by atoms with E-state index in [1.54, 1.807) is 29.2 Å². The quantitative estimate of drug-likeness (QED) is 0.0559. The average Bonchev–Trinajstić information content (AvgIpc) is 3.17. The first kappa shape index (κ1) is 45.7. The molecule has 1 fully saturated rings. The number of carbonyl (C=O) groups is 2. The maximum atomic E-state index is 14.3. The van der Waals surface area contributed by atoms with Crippen LogP contribution in [-0.4, -0.2) is 115 Å². The molecule has 0 bridgehead atoms. The van der Waals surface area contributed by atoms with Gasteiger partial charge in [-0.1, -0.05) is 36.2 Å². The molecular weight excluding hydrogens is 734 g/mol. The van der Waals surface area contributed by atoms with Crippen molar-refractivity contribution in [3.63, 3.8) is 0 Å². The van der Waals surface area contributed by atoms with Gasteiger partial charge < -0.3 is 49.2 Å². The second-order valence-corrected chi connectivity index (χ2v) is 15.6. The summed E-state index contributed by atoms with van der Waals surface area (Å²) in [4.78, 5) is 34.7. The van der Waals surface area contributed by atoms with E-state index in [4.69, 9.17) is 33.7 Å². The van der Waals surface area contributed by atoms with Crippen molar-refractivity contribution >= 4 is 17.9 Å². The minimum Gasteiger partial charge on any atom is -0.459 e. The highest BCUT2D eigenvalue weighted by Crippen LogP contribution is 2.62. The van der Waals surface area contributed by atoms with Crippen LogP contribution in [-0.2, 0) is 19.0 Å². The fraction of sp³-hybridized carbons (Fsp3) is 0.651. The van der Waals surface area contributed by atoms with Gasteiger partial charge in [-0.05, 0) is 95.4 Å². The Balaban J connectivity index is 2.05. The highest BCUT2D eigenvalue weighted by molar-refractivity contribution is 6.03. The number of nitrogens with zero attached hydrogens (tertiary/aromatic N) is 2. The predicted octanol–water partition coefficient (Wildman–Crippen LogP) is 6.25. The summed E-state index contributed by atoms with van der Waals surface area (Å²) in [6.45, 7) is 16.1. The maximum Gasteiger partial charge on any atom is 0.412 e.